The SMILES string of the molecule is CCCCCCCON(OCCCCCCC)c1ccc(C(OCCCCC)c2ccc(N(OCCCCCCC)OCCCCCCC)cc2)cc1. The van der Waals surface area contributed by atoms with Crippen molar-refractivity contribution in [3.05, 3.63) is 59.7 Å². The first-order valence-electron chi connectivity index (χ1n) is 22.1. The minimum absolute atomic E-state index is 0.185. The van der Waals surface area contributed by atoms with Gasteiger partial charge in [0.2, 0.25) is 0 Å². The third-order valence-electron chi connectivity index (χ3n) is 9.67. The zero-order valence-corrected chi connectivity index (χ0v) is 34.9. The molecule has 0 spiro atoms. The van der Waals surface area contributed by atoms with E-state index in [4.69, 9.17) is 24.1 Å². The standard InChI is InChI=1S/C46H80N2O5/c1-6-11-16-20-25-38-50-47(51-39-26-21-17-12-7-2)44-33-29-42(30-34-44)46(49-37-24-15-10-5)43-31-35-45(36-32-43)48(52-40-27-22-18-13-8-3)53-41-28-23-19-14-9-4/h29-36,46H,6-28,37-41H2,1-5H3. The molecule has 0 radical (unpaired) electrons. The summed E-state index contributed by atoms with van der Waals surface area (Å²) in [5.74, 6) is 0. The fraction of sp³-hybridized carbons (Fsp3) is 0.739. The van der Waals surface area contributed by atoms with Crippen LogP contribution in [0.2, 0.25) is 0 Å². The summed E-state index contributed by atoms with van der Waals surface area (Å²) < 4.78 is 6.61. The topological polar surface area (TPSA) is 52.6 Å². The summed E-state index contributed by atoms with van der Waals surface area (Å²) in [5, 5.41) is 3.30. The highest BCUT2D eigenvalue weighted by molar-refractivity contribution is 5.48. The Bertz CT molecular complexity index is 955. The summed E-state index contributed by atoms with van der Waals surface area (Å²) in [4.78, 5) is 24.8. The van der Waals surface area contributed by atoms with Crippen LogP contribution in [0.25, 0.3) is 0 Å². The molecule has 7 nitrogen and oxygen atoms in total. The summed E-state index contributed by atoms with van der Waals surface area (Å²) in [6.45, 7) is 14.5. The number of hydrogen-bond donors (Lipinski definition) is 0. The van der Waals surface area contributed by atoms with Crippen LogP contribution in [0.15, 0.2) is 48.5 Å². The molecule has 0 saturated carbocycles. The Labute approximate surface area is 326 Å². The number of nitrogens with zero attached hydrogens (tertiary/aromatic N) is 2. The monoisotopic (exact) mass is 741 g/mol. The van der Waals surface area contributed by atoms with Gasteiger partial charge in [0.15, 0.2) is 0 Å². The number of unbranched alkanes of at least 4 members (excludes halogenated alkanes) is 18. The highest BCUT2D eigenvalue weighted by Gasteiger charge is 2.18. The van der Waals surface area contributed by atoms with E-state index >= 15 is 0 Å². The van der Waals surface area contributed by atoms with Gasteiger partial charge in [0, 0.05) is 6.61 Å². The van der Waals surface area contributed by atoms with Crippen LogP contribution in [0.1, 0.15) is 200 Å². The van der Waals surface area contributed by atoms with Crippen molar-refractivity contribution in [2.24, 2.45) is 0 Å². The van der Waals surface area contributed by atoms with E-state index in [0.717, 1.165) is 67.4 Å². The second-order valence-electron chi connectivity index (χ2n) is 14.6. The zero-order chi connectivity index (χ0) is 38.0. The summed E-state index contributed by atoms with van der Waals surface area (Å²) >= 11 is 0. The summed E-state index contributed by atoms with van der Waals surface area (Å²) in [7, 11) is 0. The number of rotatable bonds is 37. The smallest absolute Gasteiger partial charge is 0.108 e. The third kappa shape index (κ3) is 22.1. The molecule has 0 unspecified atom stereocenters. The van der Waals surface area contributed by atoms with Crippen molar-refractivity contribution in [2.45, 2.75) is 188 Å². The first kappa shape index (κ1) is 47.0. The van der Waals surface area contributed by atoms with E-state index in [1.165, 1.54) is 103 Å². The Kier molecular flexibility index (Phi) is 29.4. The highest BCUT2D eigenvalue weighted by atomic mass is 17.0. The van der Waals surface area contributed by atoms with E-state index in [1.807, 2.05) is 0 Å². The lowest BCUT2D eigenvalue weighted by Gasteiger charge is -2.25. The fourth-order valence-electron chi connectivity index (χ4n) is 6.26. The largest absolute Gasteiger partial charge is 0.369 e. The predicted octanol–water partition coefficient (Wildman–Crippen LogP) is 14.2. The van der Waals surface area contributed by atoms with Crippen LogP contribution in [0, 0.1) is 0 Å². The van der Waals surface area contributed by atoms with Crippen LogP contribution in [0.3, 0.4) is 0 Å². The van der Waals surface area contributed by atoms with Crippen molar-refractivity contribution in [2.75, 3.05) is 43.5 Å². The Morgan fingerprint density at radius 3 is 0.906 bits per heavy atom. The van der Waals surface area contributed by atoms with Gasteiger partial charge in [-0.3, -0.25) is 0 Å². The average Bonchev–Trinajstić information content (AvgIpc) is 3.19. The molecule has 2 rings (SSSR count). The summed E-state index contributed by atoms with van der Waals surface area (Å²) in [5.41, 5.74) is 4.04. The molecule has 2 aromatic carbocycles. The molecule has 0 saturated heterocycles. The van der Waals surface area contributed by atoms with Gasteiger partial charge in [-0.25, -0.2) is 19.4 Å². The third-order valence-corrected chi connectivity index (χ3v) is 9.67. The molecular formula is C46H80N2O5. The normalized spacial score (nSPS) is 11.5. The number of anilines is 2. The van der Waals surface area contributed by atoms with E-state index in [1.54, 1.807) is 10.5 Å². The fourth-order valence-corrected chi connectivity index (χ4v) is 6.26. The quantitative estimate of drug-likeness (QED) is 0.0505. The van der Waals surface area contributed by atoms with Crippen molar-refractivity contribution < 1.29 is 24.1 Å². The van der Waals surface area contributed by atoms with E-state index in [2.05, 4.69) is 83.1 Å². The van der Waals surface area contributed by atoms with Crippen molar-refractivity contribution in [1.82, 2.24) is 0 Å². The molecule has 0 amide bonds. The lowest BCUT2D eigenvalue weighted by molar-refractivity contribution is -0.0916. The van der Waals surface area contributed by atoms with Crippen LogP contribution >= 0.6 is 0 Å². The molecule has 2 aromatic rings. The summed E-state index contributed by atoms with van der Waals surface area (Å²) in [6.07, 6.45) is 27.1. The van der Waals surface area contributed by atoms with E-state index < -0.39 is 0 Å². The average molecular weight is 741 g/mol. The minimum Gasteiger partial charge on any atom is -0.369 e. The van der Waals surface area contributed by atoms with Crippen LogP contribution in [0.5, 0.6) is 0 Å². The summed E-state index contributed by atoms with van der Waals surface area (Å²) in [6, 6.07) is 17.0. The lowest BCUT2D eigenvalue weighted by Crippen LogP contribution is -2.25. The van der Waals surface area contributed by atoms with Crippen molar-refractivity contribution >= 4 is 11.4 Å². The second kappa shape index (κ2) is 33.2. The zero-order valence-electron chi connectivity index (χ0n) is 34.9. The second-order valence-corrected chi connectivity index (χ2v) is 14.6. The van der Waals surface area contributed by atoms with Crippen molar-refractivity contribution in [1.29, 1.82) is 0 Å². The van der Waals surface area contributed by atoms with Crippen LogP contribution in [-0.2, 0) is 24.1 Å². The van der Waals surface area contributed by atoms with Crippen LogP contribution in [-0.4, -0.2) is 33.0 Å². The molecule has 0 N–H and O–H groups in total. The first-order valence-corrected chi connectivity index (χ1v) is 22.1. The maximum atomic E-state index is 6.61. The van der Waals surface area contributed by atoms with Gasteiger partial charge in [-0.15, -0.1) is 10.5 Å². The highest BCUT2D eigenvalue weighted by Crippen LogP contribution is 2.31. The molecule has 0 aliphatic heterocycles. The van der Waals surface area contributed by atoms with Gasteiger partial charge in [0.05, 0.1) is 37.8 Å². The van der Waals surface area contributed by atoms with Gasteiger partial charge < -0.3 is 4.74 Å². The van der Waals surface area contributed by atoms with E-state index in [9.17, 15) is 0 Å². The molecule has 53 heavy (non-hydrogen) atoms. The van der Waals surface area contributed by atoms with Gasteiger partial charge in [0.1, 0.15) is 6.10 Å². The maximum Gasteiger partial charge on any atom is 0.108 e. The molecule has 0 bridgehead atoms. The Morgan fingerprint density at radius 2 is 0.604 bits per heavy atom. The molecule has 0 aliphatic rings. The van der Waals surface area contributed by atoms with Gasteiger partial charge in [-0.05, 0) is 67.5 Å². The first-order chi connectivity index (χ1) is 26.2. The number of hydrogen-bond acceptors (Lipinski definition) is 7. The Morgan fingerprint density at radius 1 is 0.340 bits per heavy atom. The van der Waals surface area contributed by atoms with Gasteiger partial charge in [0.25, 0.3) is 0 Å². The van der Waals surface area contributed by atoms with Crippen molar-refractivity contribution in [3.8, 4) is 0 Å². The molecule has 0 aliphatic carbocycles. The maximum absolute atomic E-state index is 6.61. The minimum atomic E-state index is -0.185. The van der Waals surface area contributed by atoms with Crippen molar-refractivity contribution in [3.63, 3.8) is 0 Å². The Balaban J connectivity index is 2.18. The number of benzene rings is 2. The molecule has 0 fully saturated rings. The molecule has 7 heteroatoms. The molecular weight excluding hydrogens is 661 g/mol. The van der Waals surface area contributed by atoms with Crippen LogP contribution < -0.4 is 10.5 Å². The van der Waals surface area contributed by atoms with E-state index in [-0.39, 0.29) is 6.10 Å². The number of ether oxygens (including phenoxy) is 1. The molecule has 304 valence electrons. The van der Waals surface area contributed by atoms with Gasteiger partial charge >= 0.3 is 0 Å². The van der Waals surface area contributed by atoms with Crippen LogP contribution in [0.4, 0.5) is 11.4 Å². The lowest BCUT2D eigenvalue weighted by atomic mass is 10.0. The predicted molar refractivity (Wildman–Crippen MR) is 224 cm³/mol. The van der Waals surface area contributed by atoms with E-state index in [0.29, 0.717) is 33.0 Å². The molecule has 0 atom stereocenters. The molecule has 0 heterocycles. The molecule has 0 aromatic heterocycles. The van der Waals surface area contributed by atoms with Gasteiger partial charge in [-0.2, -0.15) is 0 Å². The Hall–Kier alpha value is -2.16. The van der Waals surface area contributed by atoms with Gasteiger partial charge in [-0.1, -0.05) is 174 Å².